The Bertz CT molecular complexity index is 451. The third-order valence-electron chi connectivity index (χ3n) is 2.78. The molecule has 0 amide bonds. The molecule has 4 nitrogen and oxygen atoms in total. The molecule has 1 aliphatic heterocycles. The first-order valence-electron chi connectivity index (χ1n) is 5.15. The van der Waals surface area contributed by atoms with Gasteiger partial charge in [-0.05, 0) is 19.9 Å². The van der Waals surface area contributed by atoms with Crippen molar-refractivity contribution in [3.63, 3.8) is 0 Å². The summed E-state index contributed by atoms with van der Waals surface area (Å²) < 4.78 is 1.88. The Morgan fingerprint density at radius 1 is 1.50 bits per heavy atom. The van der Waals surface area contributed by atoms with E-state index in [2.05, 4.69) is 18.7 Å². The van der Waals surface area contributed by atoms with Crippen molar-refractivity contribution in [2.45, 2.75) is 23.6 Å². The predicted molar refractivity (Wildman–Crippen MR) is 65.6 cm³/mol. The van der Waals surface area contributed by atoms with Crippen LogP contribution >= 0.6 is 11.8 Å². The topological polar surface area (TPSA) is 45.5 Å². The number of carboxylic acid groups (broad SMARTS) is 1. The molecule has 0 aliphatic carbocycles. The Labute approximate surface area is 99.2 Å². The molecule has 0 unspecified atom stereocenters. The standard InChI is InChI=1S/C11H16N2O2S/c1-11(2)6-12(3)7-5-8(10(14)15)13(4)9(7)16-11/h5H,6H2,1-4H3,(H,14,15). The minimum absolute atomic E-state index is 0.115. The molecule has 88 valence electrons. The van der Waals surface area contributed by atoms with E-state index in [1.165, 1.54) is 0 Å². The maximum absolute atomic E-state index is 11.1. The Kier molecular flexibility index (Phi) is 2.45. The van der Waals surface area contributed by atoms with E-state index in [1.54, 1.807) is 22.4 Å². The zero-order valence-corrected chi connectivity index (χ0v) is 10.8. The highest BCUT2D eigenvalue weighted by molar-refractivity contribution is 8.00. The maximum atomic E-state index is 11.1. The fourth-order valence-corrected chi connectivity index (χ4v) is 3.46. The van der Waals surface area contributed by atoms with E-state index in [0.717, 1.165) is 17.3 Å². The van der Waals surface area contributed by atoms with Gasteiger partial charge in [0.2, 0.25) is 0 Å². The summed E-state index contributed by atoms with van der Waals surface area (Å²) in [6.07, 6.45) is 0. The van der Waals surface area contributed by atoms with Crippen molar-refractivity contribution in [1.82, 2.24) is 4.57 Å². The molecule has 16 heavy (non-hydrogen) atoms. The van der Waals surface area contributed by atoms with Crippen molar-refractivity contribution in [2.24, 2.45) is 7.05 Å². The second-order valence-corrected chi connectivity index (χ2v) is 6.50. The number of carboxylic acids is 1. The Hall–Kier alpha value is -1.10. The van der Waals surface area contributed by atoms with Crippen molar-refractivity contribution in [2.75, 3.05) is 18.5 Å². The number of fused-ring (bicyclic) bond motifs is 1. The normalized spacial score (nSPS) is 18.4. The van der Waals surface area contributed by atoms with Crippen LogP contribution in [0.15, 0.2) is 11.1 Å². The Balaban J connectivity index is 2.54. The predicted octanol–water partition coefficient (Wildman–Crippen LogP) is 2.04. The molecule has 5 heteroatoms. The number of carbonyl (C=O) groups is 1. The quantitative estimate of drug-likeness (QED) is 0.816. The first-order chi connectivity index (χ1) is 7.32. The minimum Gasteiger partial charge on any atom is -0.477 e. The summed E-state index contributed by atoms with van der Waals surface area (Å²) in [6, 6.07) is 1.75. The average molecular weight is 240 g/mol. The number of hydrogen-bond acceptors (Lipinski definition) is 3. The molecule has 1 aliphatic rings. The minimum atomic E-state index is -0.872. The van der Waals surface area contributed by atoms with Crippen LogP contribution in [0, 0.1) is 0 Å². The van der Waals surface area contributed by atoms with Crippen LogP contribution in [0.2, 0.25) is 0 Å². The van der Waals surface area contributed by atoms with Gasteiger partial charge in [0, 0.05) is 25.4 Å². The number of rotatable bonds is 1. The number of aromatic carboxylic acids is 1. The van der Waals surface area contributed by atoms with Gasteiger partial charge in [0.15, 0.2) is 0 Å². The van der Waals surface area contributed by atoms with E-state index in [-0.39, 0.29) is 4.75 Å². The molecule has 1 aromatic heterocycles. The monoisotopic (exact) mass is 240 g/mol. The average Bonchev–Trinajstić information content (AvgIpc) is 2.42. The molecule has 1 aromatic rings. The van der Waals surface area contributed by atoms with Gasteiger partial charge in [-0.1, -0.05) is 11.8 Å². The molecule has 2 rings (SSSR count). The van der Waals surface area contributed by atoms with Gasteiger partial charge in [0.25, 0.3) is 0 Å². The Morgan fingerprint density at radius 3 is 2.69 bits per heavy atom. The molecule has 0 radical (unpaired) electrons. The molecule has 0 spiro atoms. The van der Waals surface area contributed by atoms with Crippen LogP contribution in [0.3, 0.4) is 0 Å². The largest absolute Gasteiger partial charge is 0.477 e. The van der Waals surface area contributed by atoms with Gasteiger partial charge in [0.05, 0.1) is 10.7 Å². The summed E-state index contributed by atoms with van der Waals surface area (Å²) in [4.78, 5) is 13.2. The highest BCUT2D eigenvalue weighted by atomic mass is 32.2. The second-order valence-electron chi connectivity index (χ2n) is 4.80. The fourth-order valence-electron chi connectivity index (χ4n) is 2.12. The van der Waals surface area contributed by atoms with Gasteiger partial charge in [-0.25, -0.2) is 4.79 Å². The number of nitrogens with zero attached hydrogens (tertiary/aromatic N) is 2. The molecule has 0 saturated heterocycles. The third-order valence-corrected chi connectivity index (χ3v) is 4.14. The van der Waals surface area contributed by atoms with Gasteiger partial charge in [-0.15, -0.1) is 0 Å². The fraction of sp³-hybridized carbons (Fsp3) is 0.545. The molecular formula is C11H16N2O2S. The van der Waals surface area contributed by atoms with E-state index in [9.17, 15) is 4.79 Å². The van der Waals surface area contributed by atoms with E-state index in [1.807, 2.05) is 14.1 Å². The zero-order valence-electron chi connectivity index (χ0n) is 9.94. The SMILES string of the molecule is CN1CC(C)(C)Sc2c1cc(C(=O)O)n2C. The van der Waals surface area contributed by atoms with Crippen molar-refractivity contribution >= 4 is 23.4 Å². The van der Waals surface area contributed by atoms with Crippen LogP contribution in [0.5, 0.6) is 0 Å². The third kappa shape index (κ3) is 1.69. The summed E-state index contributed by atoms with van der Waals surface area (Å²) in [5, 5.41) is 10.1. The Morgan fingerprint density at radius 2 is 2.12 bits per heavy atom. The van der Waals surface area contributed by atoms with Crippen LogP contribution in [0.25, 0.3) is 0 Å². The van der Waals surface area contributed by atoms with Crippen LogP contribution < -0.4 is 4.90 Å². The molecular weight excluding hydrogens is 224 g/mol. The lowest BCUT2D eigenvalue weighted by Crippen LogP contribution is -2.37. The highest BCUT2D eigenvalue weighted by Gasteiger charge is 2.33. The summed E-state index contributed by atoms with van der Waals surface area (Å²) in [5.74, 6) is -0.872. The summed E-state index contributed by atoms with van der Waals surface area (Å²) in [5.41, 5.74) is 1.37. The highest BCUT2D eigenvalue weighted by Crippen LogP contribution is 2.44. The van der Waals surface area contributed by atoms with Gasteiger partial charge in [-0.2, -0.15) is 0 Å². The number of hydrogen-bond donors (Lipinski definition) is 1. The first-order valence-corrected chi connectivity index (χ1v) is 5.96. The smallest absolute Gasteiger partial charge is 0.352 e. The number of aromatic nitrogens is 1. The van der Waals surface area contributed by atoms with Crippen molar-refractivity contribution in [1.29, 1.82) is 0 Å². The maximum Gasteiger partial charge on any atom is 0.352 e. The lowest BCUT2D eigenvalue weighted by atomic mass is 10.2. The first kappa shape index (κ1) is 11.4. The van der Waals surface area contributed by atoms with Crippen LogP contribution in [0.1, 0.15) is 24.3 Å². The van der Waals surface area contributed by atoms with E-state index in [4.69, 9.17) is 5.11 Å². The van der Waals surface area contributed by atoms with Crippen molar-refractivity contribution in [3.8, 4) is 0 Å². The van der Waals surface area contributed by atoms with Crippen LogP contribution in [0.4, 0.5) is 5.69 Å². The van der Waals surface area contributed by atoms with Gasteiger partial charge >= 0.3 is 5.97 Å². The van der Waals surface area contributed by atoms with Crippen molar-refractivity contribution < 1.29 is 9.90 Å². The molecule has 0 fully saturated rings. The molecule has 0 atom stereocenters. The number of thioether (sulfide) groups is 1. The lowest BCUT2D eigenvalue weighted by molar-refractivity contribution is 0.0685. The van der Waals surface area contributed by atoms with Gasteiger partial charge in [-0.3, -0.25) is 0 Å². The molecule has 2 heterocycles. The summed E-state index contributed by atoms with van der Waals surface area (Å²) >= 11 is 1.74. The molecule has 0 saturated carbocycles. The van der Waals surface area contributed by atoms with Gasteiger partial charge < -0.3 is 14.6 Å². The van der Waals surface area contributed by atoms with Crippen LogP contribution in [-0.2, 0) is 7.05 Å². The molecule has 0 aromatic carbocycles. The van der Waals surface area contributed by atoms with Crippen LogP contribution in [-0.4, -0.2) is 34.0 Å². The zero-order chi connectivity index (χ0) is 12.1. The van der Waals surface area contributed by atoms with E-state index < -0.39 is 5.97 Å². The van der Waals surface area contributed by atoms with E-state index in [0.29, 0.717) is 5.69 Å². The number of anilines is 1. The second kappa shape index (κ2) is 3.45. The lowest BCUT2D eigenvalue weighted by Gasteiger charge is -2.36. The van der Waals surface area contributed by atoms with Gasteiger partial charge in [0.1, 0.15) is 5.69 Å². The van der Waals surface area contributed by atoms with E-state index >= 15 is 0 Å². The molecule has 1 N–H and O–H groups in total. The molecule has 0 bridgehead atoms. The van der Waals surface area contributed by atoms with Crippen molar-refractivity contribution in [3.05, 3.63) is 11.8 Å². The summed E-state index contributed by atoms with van der Waals surface area (Å²) in [7, 11) is 3.82. The summed E-state index contributed by atoms with van der Waals surface area (Å²) in [6.45, 7) is 5.27.